The number of nitrogens with zero attached hydrogens (tertiary/aromatic N) is 2. The molecular weight excluding hydrogens is 609 g/mol. The van der Waals surface area contributed by atoms with Crippen molar-refractivity contribution in [1.82, 2.24) is 9.88 Å². The molecule has 1 unspecified atom stereocenters. The highest BCUT2D eigenvalue weighted by atomic mass is 19.4. The van der Waals surface area contributed by atoms with E-state index in [1.54, 1.807) is 30.9 Å². The maximum atomic E-state index is 14.2. The molecule has 2 aromatic rings. The van der Waals surface area contributed by atoms with Crippen molar-refractivity contribution in [2.75, 3.05) is 13.2 Å². The Bertz CT molecular complexity index is 1570. The SMILES string of the molecule is C=CCCCCC[C@H](C)C(=O)N1C[C@@]2(CCc3c(c(C)nc4c(C(F)(F)F)cccc34)O2)C[C@H]1C(=O)C[C@]1(C(=O)OCC)CC1C=C. The van der Waals surface area contributed by atoms with Crippen LogP contribution in [0.25, 0.3) is 10.9 Å². The number of hydrogen-bond donors (Lipinski definition) is 0. The van der Waals surface area contributed by atoms with Crippen LogP contribution in [0.1, 0.15) is 88.5 Å². The van der Waals surface area contributed by atoms with E-state index in [1.165, 1.54) is 6.07 Å². The van der Waals surface area contributed by atoms with Gasteiger partial charge < -0.3 is 14.4 Å². The van der Waals surface area contributed by atoms with Crippen molar-refractivity contribution in [1.29, 1.82) is 0 Å². The van der Waals surface area contributed by atoms with Gasteiger partial charge in [-0.3, -0.25) is 14.4 Å². The number of pyridine rings is 1. The van der Waals surface area contributed by atoms with E-state index < -0.39 is 34.8 Å². The zero-order valence-corrected chi connectivity index (χ0v) is 27.6. The van der Waals surface area contributed by atoms with Crippen LogP contribution in [0.15, 0.2) is 43.5 Å². The monoisotopic (exact) mass is 654 g/mol. The van der Waals surface area contributed by atoms with Gasteiger partial charge in [-0.1, -0.05) is 44.1 Å². The van der Waals surface area contributed by atoms with Crippen molar-refractivity contribution < 1.29 is 37.0 Å². The Balaban J connectivity index is 1.45. The van der Waals surface area contributed by atoms with Gasteiger partial charge >= 0.3 is 12.1 Å². The van der Waals surface area contributed by atoms with E-state index in [-0.39, 0.29) is 55.0 Å². The molecule has 0 bridgehead atoms. The van der Waals surface area contributed by atoms with Crippen LogP contribution in [-0.2, 0) is 31.7 Å². The normalized spacial score (nSPS) is 25.6. The van der Waals surface area contributed by atoms with E-state index in [9.17, 15) is 27.6 Å². The van der Waals surface area contributed by atoms with Gasteiger partial charge in [0.1, 0.15) is 11.4 Å². The number of hydrogen-bond acceptors (Lipinski definition) is 6. The summed E-state index contributed by atoms with van der Waals surface area (Å²) in [5.74, 6) is -0.872. The lowest BCUT2D eigenvalue weighted by molar-refractivity contribution is -0.152. The Morgan fingerprint density at radius 2 is 1.96 bits per heavy atom. The van der Waals surface area contributed by atoms with Gasteiger partial charge in [0.25, 0.3) is 0 Å². The molecule has 1 amide bonds. The number of para-hydroxylation sites is 1. The minimum absolute atomic E-state index is 0.0645. The fraction of sp³-hybridized carbons (Fsp3) is 0.568. The number of carbonyl (C=O) groups excluding carboxylic acids is 3. The summed E-state index contributed by atoms with van der Waals surface area (Å²) in [6, 6.07) is 3.23. The average molecular weight is 655 g/mol. The van der Waals surface area contributed by atoms with Crippen LogP contribution in [0.5, 0.6) is 5.75 Å². The van der Waals surface area contributed by atoms with Gasteiger partial charge in [0, 0.05) is 29.7 Å². The predicted octanol–water partition coefficient (Wildman–Crippen LogP) is 7.71. The quantitative estimate of drug-likeness (QED) is 0.125. The number of Topliss-reactive ketones (excluding diaryl/α,β-unsaturated/α-hetero) is 1. The Kier molecular flexibility index (Phi) is 9.90. The Hall–Kier alpha value is -3.69. The highest BCUT2D eigenvalue weighted by molar-refractivity contribution is 5.95. The van der Waals surface area contributed by atoms with Gasteiger partial charge in [0.2, 0.25) is 5.91 Å². The van der Waals surface area contributed by atoms with Crippen LogP contribution < -0.4 is 4.74 Å². The number of aromatic nitrogens is 1. The molecular formula is C37H45F3N2O5. The van der Waals surface area contributed by atoms with Crippen molar-refractivity contribution in [3.8, 4) is 5.75 Å². The first-order valence-corrected chi connectivity index (χ1v) is 16.7. The summed E-state index contributed by atoms with van der Waals surface area (Å²) in [5, 5.41) is 0.388. The van der Waals surface area contributed by atoms with Gasteiger partial charge in [-0.05, 0) is 64.4 Å². The average Bonchev–Trinajstić information content (AvgIpc) is 3.63. The van der Waals surface area contributed by atoms with Crippen LogP contribution in [0, 0.1) is 24.2 Å². The number of fused-ring (bicyclic) bond motifs is 3. The Labute approximate surface area is 274 Å². The molecule has 254 valence electrons. The second-order valence-corrected chi connectivity index (χ2v) is 13.6. The van der Waals surface area contributed by atoms with Crippen LogP contribution in [0.2, 0.25) is 0 Å². The second kappa shape index (κ2) is 13.4. The number of rotatable bonds is 13. The van der Waals surface area contributed by atoms with Gasteiger partial charge in [0.05, 0.1) is 41.4 Å². The van der Waals surface area contributed by atoms with Gasteiger partial charge in [0.15, 0.2) is 5.78 Å². The molecule has 1 aromatic carbocycles. The summed E-state index contributed by atoms with van der Waals surface area (Å²) >= 11 is 0. The van der Waals surface area contributed by atoms with Crippen LogP contribution >= 0.6 is 0 Å². The molecule has 0 radical (unpaired) electrons. The first-order chi connectivity index (χ1) is 22.3. The zero-order valence-electron chi connectivity index (χ0n) is 27.6. The largest absolute Gasteiger partial charge is 0.483 e. The number of alkyl halides is 3. The molecule has 2 aliphatic heterocycles. The van der Waals surface area contributed by atoms with Crippen LogP contribution in [-0.4, -0.2) is 52.3 Å². The molecule has 7 nitrogen and oxygen atoms in total. The molecule has 1 spiro atoms. The third-order valence-electron chi connectivity index (χ3n) is 10.3. The van der Waals surface area contributed by atoms with Crippen molar-refractivity contribution in [2.45, 2.75) is 103 Å². The number of amides is 1. The maximum absolute atomic E-state index is 14.2. The molecule has 1 aromatic heterocycles. The first kappa shape index (κ1) is 34.6. The number of aryl methyl sites for hydroxylation is 2. The summed E-state index contributed by atoms with van der Waals surface area (Å²) in [6.07, 6.45) is 4.88. The van der Waals surface area contributed by atoms with E-state index in [0.717, 1.165) is 31.7 Å². The molecule has 5 atom stereocenters. The molecule has 1 saturated carbocycles. The van der Waals surface area contributed by atoms with E-state index >= 15 is 0 Å². The molecule has 0 N–H and O–H groups in total. The van der Waals surface area contributed by atoms with E-state index in [1.807, 2.05) is 13.0 Å². The maximum Gasteiger partial charge on any atom is 0.418 e. The molecule has 10 heteroatoms. The highest BCUT2D eigenvalue weighted by Crippen LogP contribution is 2.58. The molecule has 3 heterocycles. The predicted molar refractivity (Wildman–Crippen MR) is 173 cm³/mol. The fourth-order valence-corrected chi connectivity index (χ4v) is 7.60. The van der Waals surface area contributed by atoms with Gasteiger partial charge in [-0.25, -0.2) is 4.98 Å². The smallest absolute Gasteiger partial charge is 0.418 e. The highest BCUT2D eigenvalue weighted by Gasteiger charge is 2.62. The van der Waals surface area contributed by atoms with E-state index in [4.69, 9.17) is 9.47 Å². The summed E-state index contributed by atoms with van der Waals surface area (Å²) in [5.41, 5.74) is -1.83. The third kappa shape index (κ3) is 6.70. The van der Waals surface area contributed by atoms with Crippen molar-refractivity contribution >= 4 is 28.6 Å². The number of carbonyl (C=O) groups is 3. The number of likely N-dealkylation sites (tertiary alicyclic amines) is 1. The topological polar surface area (TPSA) is 85.8 Å². The standard InChI is InChI=1S/C37H45F3N2O5/c1-6-9-10-11-12-14-23(4)33(44)42-22-35(20-29(42)30(43)21-36(19-25(36)7-2)34(45)46-8-3)18-17-27-26-15-13-16-28(37(38,39)40)31(26)41-24(5)32(27)47-35/h6-7,13,15-16,23,25,29H,1-2,8-12,14,17-22H2,3-5H3/t23-,25?,29-,35+,36+/m0/s1. The lowest BCUT2D eigenvalue weighted by atomic mass is 9.85. The summed E-state index contributed by atoms with van der Waals surface area (Å²) in [6.45, 7) is 13.2. The summed E-state index contributed by atoms with van der Waals surface area (Å²) in [7, 11) is 0. The number of halogens is 3. The zero-order chi connectivity index (χ0) is 34.1. The van der Waals surface area contributed by atoms with Crippen LogP contribution in [0.3, 0.4) is 0 Å². The number of allylic oxidation sites excluding steroid dienone is 2. The first-order valence-electron chi connectivity index (χ1n) is 16.7. The molecule has 5 rings (SSSR count). The van der Waals surface area contributed by atoms with Crippen molar-refractivity contribution in [3.05, 3.63) is 60.3 Å². The van der Waals surface area contributed by atoms with Gasteiger partial charge in [-0.15, -0.1) is 13.2 Å². The molecule has 47 heavy (non-hydrogen) atoms. The number of esters is 1. The summed E-state index contributed by atoms with van der Waals surface area (Å²) < 4.78 is 53.5. The molecule has 1 aliphatic carbocycles. The molecule has 2 fully saturated rings. The lowest BCUT2D eigenvalue weighted by Crippen LogP contribution is -2.46. The molecule has 3 aliphatic rings. The fourth-order valence-electron chi connectivity index (χ4n) is 7.60. The van der Waals surface area contributed by atoms with Gasteiger partial charge in [-0.2, -0.15) is 13.2 Å². The van der Waals surface area contributed by atoms with E-state index in [2.05, 4.69) is 18.1 Å². The second-order valence-electron chi connectivity index (χ2n) is 13.6. The number of ether oxygens (including phenoxy) is 2. The minimum atomic E-state index is -4.56. The third-order valence-corrected chi connectivity index (χ3v) is 10.3. The number of benzene rings is 1. The summed E-state index contributed by atoms with van der Waals surface area (Å²) in [4.78, 5) is 47.2. The van der Waals surface area contributed by atoms with Crippen molar-refractivity contribution in [2.24, 2.45) is 17.3 Å². The Morgan fingerprint density at radius 1 is 1.19 bits per heavy atom. The number of unbranched alkanes of at least 4 members (excludes halogenated alkanes) is 3. The van der Waals surface area contributed by atoms with Crippen LogP contribution in [0.4, 0.5) is 13.2 Å². The minimum Gasteiger partial charge on any atom is -0.483 e. The number of ketones is 1. The van der Waals surface area contributed by atoms with Crippen molar-refractivity contribution in [3.63, 3.8) is 0 Å². The molecule has 1 saturated heterocycles. The Morgan fingerprint density at radius 3 is 2.62 bits per heavy atom. The van der Waals surface area contributed by atoms with E-state index in [0.29, 0.717) is 48.1 Å². The lowest BCUT2D eigenvalue weighted by Gasteiger charge is -2.37.